The molecular formula is C12H22O. The summed E-state index contributed by atoms with van der Waals surface area (Å²) in [6.45, 7) is 9.65. The van der Waals surface area contributed by atoms with Crippen LogP contribution in [0.3, 0.4) is 0 Å². The molecule has 2 aliphatic rings. The predicted molar refractivity (Wildman–Crippen MR) is 54.6 cm³/mol. The fourth-order valence-electron chi connectivity index (χ4n) is 4.26. The van der Waals surface area contributed by atoms with Gasteiger partial charge in [-0.15, -0.1) is 0 Å². The number of hydrogen-bond donors (Lipinski definition) is 0. The van der Waals surface area contributed by atoms with E-state index in [4.69, 9.17) is 4.74 Å². The number of rotatable bonds is 1. The van der Waals surface area contributed by atoms with Gasteiger partial charge in [-0.2, -0.15) is 0 Å². The van der Waals surface area contributed by atoms with Crippen LogP contribution in [0.25, 0.3) is 0 Å². The van der Waals surface area contributed by atoms with Gasteiger partial charge in [0, 0.05) is 7.11 Å². The Balaban J connectivity index is 2.40. The van der Waals surface area contributed by atoms with Crippen LogP contribution in [0.1, 0.15) is 40.5 Å². The lowest BCUT2D eigenvalue weighted by Gasteiger charge is -2.39. The van der Waals surface area contributed by atoms with E-state index in [0.717, 1.165) is 11.8 Å². The van der Waals surface area contributed by atoms with Gasteiger partial charge in [-0.25, -0.2) is 0 Å². The summed E-state index contributed by atoms with van der Waals surface area (Å²) in [6.07, 6.45) is 3.25. The average molecular weight is 182 g/mol. The van der Waals surface area contributed by atoms with E-state index in [1.807, 2.05) is 7.11 Å². The molecule has 0 saturated heterocycles. The van der Waals surface area contributed by atoms with Gasteiger partial charge in [0.05, 0.1) is 6.10 Å². The van der Waals surface area contributed by atoms with Gasteiger partial charge in [0.25, 0.3) is 0 Å². The highest BCUT2D eigenvalue weighted by molar-refractivity contribution is 5.13. The van der Waals surface area contributed by atoms with E-state index >= 15 is 0 Å². The molecule has 4 unspecified atom stereocenters. The molecule has 2 bridgehead atoms. The van der Waals surface area contributed by atoms with Crippen LogP contribution in [-0.2, 0) is 4.74 Å². The minimum absolute atomic E-state index is 0.422. The van der Waals surface area contributed by atoms with E-state index in [0.29, 0.717) is 16.9 Å². The Labute approximate surface area is 81.9 Å². The summed E-state index contributed by atoms with van der Waals surface area (Å²) in [5, 5.41) is 0. The number of ether oxygens (including phenoxy) is 1. The van der Waals surface area contributed by atoms with E-state index in [-0.39, 0.29) is 0 Å². The van der Waals surface area contributed by atoms with E-state index in [1.54, 1.807) is 0 Å². The molecule has 2 aliphatic carbocycles. The lowest BCUT2D eigenvalue weighted by atomic mass is 9.70. The second-order valence-corrected chi connectivity index (χ2v) is 5.80. The van der Waals surface area contributed by atoms with Crippen LogP contribution in [0.5, 0.6) is 0 Å². The van der Waals surface area contributed by atoms with Crippen LogP contribution in [0, 0.1) is 22.7 Å². The maximum atomic E-state index is 5.70. The number of fused-ring (bicyclic) bond motifs is 2. The lowest BCUT2D eigenvalue weighted by molar-refractivity contribution is -0.0390. The van der Waals surface area contributed by atoms with Crippen molar-refractivity contribution in [2.45, 2.75) is 46.6 Å². The molecule has 0 radical (unpaired) electrons. The first-order valence-corrected chi connectivity index (χ1v) is 5.48. The topological polar surface area (TPSA) is 9.23 Å². The Morgan fingerprint density at radius 1 is 1.23 bits per heavy atom. The van der Waals surface area contributed by atoms with E-state index in [9.17, 15) is 0 Å². The highest BCUT2D eigenvalue weighted by Gasteiger charge is 2.64. The van der Waals surface area contributed by atoms with E-state index < -0.39 is 0 Å². The zero-order valence-electron chi connectivity index (χ0n) is 9.55. The minimum Gasteiger partial charge on any atom is -0.381 e. The Morgan fingerprint density at radius 2 is 1.85 bits per heavy atom. The van der Waals surface area contributed by atoms with Crippen molar-refractivity contribution in [1.82, 2.24) is 0 Å². The minimum atomic E-state index is 0.422. The molecule has 0 amide bonds. The van der Waals surface area contributed by atoms with E-state index in [1.165, 1.54) is 12.8 Å². The summed E-state index contributed by atoms with van der Waals surface area (Å²) < 4.78 is 5.70. The van der Waals surface area contributed by atoms with Gasteiger partial charge in [-0.05, 0) is 35.5 Å². The monoisotopic (exact) mass is 182 g/mol. The molecule has 2 saturated carbocycles. The third-order valence-electron chi connectivity index (χ3n) is 5.37. The van der Waals surface area contributed by atoms with Gasteiger partial charge in [-0.3, -0.25) is 0 Å². The van der Waals surface area contributed by atoms with Crippen molar-refractivity contribution in [3.8, 4) is 0 Å². The number of methoxy groups -OCH3 is 1. The van der Waals surface area contributed by atoms with Crippen molar-refractivity contribution in [1.29, 1.82) is 0 Å². The summed E-state index contributed by atoms with van der Waals surface area (Å²) in [7, 11) is 1.88. The molecule has 0 spiro atoms. The van der Waals surface area contributed by atoms with Crippen molar-refractivity contribution in [3.05, 3.63) is 0 Å². The fraction of sp³-hybridized carbons (Fsp3) is 1.00. The van der Waals surface area contributed by atoms with Gasteiger partial charge in [0.15, 0.2) is 0 Å². The molecule has 76 valence electrons. The molecule has 4 atom stereocenters. The van der Waals surface area contributed by atoms with Crippen molar-refractivity contribution in [3.63, 3.8) is 0 Å². The summed E-state index contributed by atoms with van der Waals surface area (Å²) in [5.41, 5.74) is 0.902. The Morgan fingerprint density at radius 3 is 2.15 bits per heavy atom. The first kappa shape index (κ1) is 9.51. The summed E-state index contributed by atoms with van der Waals surface area (Å²) >= 11 is 0. The standard InChI is InChI=1S/C12H22O/c1-8-9-6-7-12(4,10(8)13-5)11(9,2)3/h8-10H,6-7H2,1-5H3. The van der Waals surface area contributed by atoms with Crippen LogP contribution in [0.4, 0.5) is 0 Å². The Bertz CT molecular complexity index is 221. The number of hydrogen-bond acceptors (Lipinski definition) is 1. The molecule has 0 aliphatic heterocycles. The van der Waals surface area contributed by atoms with Crippen LogP contribution in [0.2, 0.25) is 0 Å². The fourth-order valence-corrected chi connectivity index (χ4v) is 4.26. The van der Waals surface area contributed by atoms with Crippen LogP contribution < -0.4 is 0 Å². The van der Waals surface area contributed by atoms with Crippen LogP contribution in [-0.4, -0.2) is 13.2 Å². The summed E-state index contributed by atoms with van der Waals surface area (Å²) in [5.74, 6) is 1.63. The molecule has 13 heavy (non-hydrogen) atoms. The summed E-state index contributed by atoms with van der Waals surface area (Å²) in [6, 6.07) is 0. The highest BCUT2D eigenvalue weighted by Crippen LogP contribution is 2.68. The van der Waals surface area contributed by atoms with Gasteiger partial charge in [0.2, 0.25) is 0 Å². The second kappa shape index (κ2) is 2.50. The zero-order chi connectivity index (χ0) is 9.85. The van der Waals surface area contributed by atoms with Gasteiger partial charge in [0.1, 0.15) is 0 Å². The van der Waals surface area contributed by atoms with Crippen LogP contribution in [0.15, 0.2) is 0 Å². The van der Waals surface area contributed by atoms with Crippen molar-refractivity contribution in [2.75, 3.05) is 7.11 Å². The lowest BCUT2D eigenvalue weighted by Crippen LogP contribution is -2.38. The van der Waals surface area contributed by atoms with Gasteiger partial charge >= 0.3 is 0 Å². The largest absolute Gasteiger partial charge is 0.381 e. The quantitative estimate of drug-likeness (QED) is 0.605. The molecule has 2 fully saturated rings. The first-order chi connectivity index (χ1) is 5.95. The third-order valence-corrected chi connectivity index (χ3v) is 5.37. The van der Waals surface area contributed by atoms with Gasteiger partial charge in [-0.1, -0.05) is 27.7 Å². The average Bonchev–Trinajstić information content (AvgIpc) is 2.32. The SMILES string of the molecule is COC1C(C)C2CCC1(C)C2(C)C. The molecule has 0 aromatic rings. The molecule has 0 N–H and O–H groups in total. The zero-order valence-corrected chi connectivity index (χ0v) is 9.55. The Hall–Kier alpha value is -0.0400. The predicted octanol–water partition coefficient (Wildman–Crippen LogP) is 3.09. The molecule has 0 aromatic heterocycles. The molecular weight excluding hydrogens is 160 g/mol. The van der Waals surface area contributed by atoms with Gasteiger partial charge < -0.3 is 4.74 Å². The summed E-state index contributed by atoms with van der Waals surface area (Å²) in [4.78, 5) is 0. The molecule has 0 aromatic carbocycles. The van der Waals surface area contributed by atoms with E-state index in [2.05, 4.69) is 27.7 Å². The molecule has 1 heteroatoms. The maximum Gasteiger partial charge on any atom is 0.0658 e. The third kappa shape index (κ3) is 0.869. The molecule has 0 heterocycles. The molecule has 2 rings (SSSR count). The molecule has 1 nitrogen and oxygen atoms in total. The normalized spacial score (nSPS) is 52.8. The maximum absolute atomic E-state index is 5.70. The highest BCUT2D eigenvalue weighted by atomic mass is 16.5. The smallest absolute Gasteiger partial charge is 0.0658 e. The second-order valence-electron chi connectivity index (χ2n) is 5.80. The van der Waals surface area contributed by atoms with Crippen molar-refractivity contribution >= 4 is 0 Å². The Kier molecular flexibility index (Phi) is 1.83. The van der Waals surface area contributed by atoms with Crippen molar-refractivity contribution in [2.24, 2.45) is 22.7 Å². The van der Waals surface area contributed by atoms with Crippen molar-refractivity contribution < 1.29 is 4.74 Å². The van der Waals surface area contributed by atoms with Crippen LogP contribution >= 0.6 is 0 Å². The first-order valence-electron chi connectivity index (χ1n) is 5.48.